The summed E-state index contributed by atoms with van der Waals surface area (Å²) in [6, 6.07) is 12.8. The monoisotopic (exact) mass is 301 g/mol. The number of benzene rings is 2. The second-order valence-corrected chi connectivity index (χ2v) is 11.9. The Morgan fingerprint density at radius 3 is 2.24 bits per heavy atom. The molecule has 2 aromatic carbocycles. The predicted octanol–water partition coefficient (Wildman–Crippen LogP) is 4.73. The fraction of sp³-hybridized carbons (Fsp3) is 0.444. The van der Waals surface area contributed by atoms with Gasteiger partial charge in [0.05, 0.1) is 0 Å². The van der Waals surface area contributed by atoms with E-state index >= 15 is 0 Å². The molecule has 21 heavy (non-hydrogen) atoms. The van der Waals surface area contributed by atoms with Crippen LogP contribution in [0.5, 0.6) is 5.75 Å². The van der Waals surface area contributed by atoms with E-state index in [2.05, 4.69) is 70.3 Å². The van der Waals surface area contributed by atoms with Gasteiger partial charge in [-0.25, -0.2) is 0 Å². The predicted molar refractivity (Wildman–Crippen MR) is 94.5 cm³/mol. The first-order chi connectivity index (χ1) is 9.76. The molecule has 0 aliphatic rings. The fourth-order valence-electron chi connectivity index (χ4n) is 2.24. The highest BCUT2D eigenvalue weighted by Gasteiger charge is 2.39. The van der Waals surface area contributed by atoms with Crippen LogP contribution in [0.2, 0.25) is 18.1 Å². The molecule has 2 nitrogen and oxygen atoms in total. The van der Waals surface area contributed by atoms with Crippen molar-refractivity contribution in [2.24, 2.45) is 5.73 Å². The Morgan fingerprint density at radius 1 is 1.00 bits per heavy atom. The summed E-state index contributed by atoms with van der Waals surface area (Å²) in [6.45, 7) is 12.1. The van der Waals surface area contributed by atoms with Crippen molar-refractivity contribution in [2.75, 3.05) is 6.54 Å². The lowest BCUT2D eigenvalue weighted by Crippen LogP contribution is -2.43. The van der Waals surface area contributed by atoms with Crippen LogP contribution in [0.1, 0.15) is 26.3 Å². The second kappa shape index (κ2) is 5.82. The first-order valence-electron chi connectivity index (χ1n) is 7.66. The van der Waals surface area contributed by atoms with Crippen LogP contribution < -0.4 is 10.2 Å². The maximum atomic E-state index is 6.52. The molecule has 2 N–H and O–H groups in total. The van der Waals surface area contributed by atoms with Crippen LogP contribution in [-0.2, 0) is 6.42 Å². The van der Waals surface area contributed by atoms with Gasteiger partial charge in [0.2, 0.25) is 0 Å². The van der Waals surface area contributed by atoms with Crippen LogP contribution in [0.25, 0.3) is 10.8 Å². The molecule has 0 aromatic heterocycles. The first kappa shape index (κ1) is 16.1. The van der Waals surface area contributed by atoms with Gasteiger partial charge < -0.3 is 10.2 Å². The van der Waals surface area contributed by atoms with E-state index in [9.17, 15) is 0 Å². The summed E-state index contributed by atoms with van der Waals surface area (Å²) in [5.41, 5.74) is 7.03. The smallest absolute Gasteiger partial charge is 0.250 e. The molecule has 0 spiro atoms. The SMILES string of the molecule is CC(C)(C)[Si](C)(C)Oc1cccc2c(CCN)cccc12. The van der Waals surface area contributed by atoms with Gasteiger partial charge in [-0.05, 0) is 48.1 Å². The molecule has 0 fully saturated rings. The van der Waals surface area contributed by atoms with Gasteiger partial charge in [-0.2, -0.15) is 0 Å². The maximum Gasteiger partial charge on any atom is 0.250 e. The van der Waals surface area contributed by atoms with Crippen molar-refractivity contribution < 1.29 is 4.43 Å². The van der Waals surface area contributed by atoms with Gasteiger partial charge in [0, 0.05) is 5.39 Å². The van der Waals surface area contributed by atoms with E-state index in [1.54, 1.807) is 0 Å². The van der Waals surface area contributed by atoms with E-state index in [1.807, 2.05) is 0 Å². The number of nitrogens with two attached hydrogens (primary N) is 1. The van der Waals surface area contributed by atoms with E-state index in [4.69, 9.17) is 10.2 Å². The molecule has 0 aliphatic carbocycles. The van der Waals surface area contributed by atoms with Crippen LogP contribution >= 0.6 is 0 Å². The van der Waals surface area contributed by atoms with Crippen molar-refractivity contribution in [1.82, 2.24) is 0 Å². The minimum atomic E-state index is -1.82. The van der Waals surface area contributed by atoms with Gasteiger partial charge in [0.25, 0.3) is 8.32 Å². The molecule has 2 rings (SSSR count). The number of rotatable bonds is 4. The Hall–Kier alpha value is -1.32. The van der Waals surface area contributed by atoms with Crippen molar-refractivity contribution in [1.29, 1.82) is 0 Å². The quantitative estimate of drug-likeness (QED) is 0.829. The third-order valence-electron chi connectivity index (χ3n) is 4.56. The van der Waals surface area contributed by atoms with Gasteiger partial charge in [-0.15, -0.1) is 0 Å². The normalized spacial score (nSPS) is 12.7. The maximum absolute atomic E-state index is 6.52. The van der Waals surface area contributed by atoms with Gasteiger partial charge in [-0.3, -0.25) is 0 Å². The van der Waals surface area contributed by atoms with E-state index in [0.717, 1.165) is 12.2 Å². The summed E-state index contributed by atoms with van der Waals surface area (Å²) in [4.78, 5) is 0. The van der Waals surface area contributed by atoms with Crippen molar-refractivity contribution in [3.05, 3.63) is 42.0 Å². The van der Waals surface area contributed by atoms with E-state index in [0.29, 0.717) is 6.54 Å². The van der Waals surface area contributed by atoms with Gasteiger partial charge in [0.15, 0.2) is 0 Å². The van der Waals surface area contributed by atoms with Crippen molar-refractivity contribution in [3.63, 3.8) is 0 Å². The summed E-state index contributed by atoms with van der Waals surface area (Å²) in [7, 11) is -1.82. The molecule has 0 atom stereocenters. The molecular weight excluding hydrogens is 274 g/mol. The summed E-state index contributed by atoms with van der Waals surface area (Å²) < 4.78 is 6.52. The summed E-state index contributed by atoms with van der Waals surface area (Å²) in [6.07, 6.45) is 0.904. The molecule has 2 aromatic rings. The Morgan fingerprint density at radius 2 is 1.62 bits per heavy atom. The zero-order valence-corrected chi connectivity index (χ0v) is 14.9. The third-order valence-corrected chi connectivity index (χ3v) is 8.90. The third kappa shape index (κ3) is 3.30. The molecule has 114 valence electrons. The molecule has 0 radical (unpaired) electrons. The van der Waals surface area contributed by atoms with Crippen LogP contribution in [0.4, 0.5) is 0 Å². The standard InChI is InChI=1S/C18H27NOSi/c1-18(2,3)21(4,5)20-17-11-7-9-15-14(12-13-19)8-6-10-16(15)17/h6-11H,12-13,19H2,1-5H3. The zero-order chi connectivity index (χ0) is 15.7. The van der Waals surface area contributed by atoms with Crippen LogP contribution in [-0.4, -0.2) is 14.9 Å². The number of fused-ring (bicyclic) bond motifs is 1. The van der Waals surface area contributed by atoms with Gasteiger partial charge in [0.1, 0.15) is 5.75 Å². The molecule has 0 bridgehead atoms. The van der Waals surface area contributed by atoms with Crippen molar-refractivity contribution in [3.8, 4) is 5.75 Å². The second-order valence-electron chi connectivity index (χ2n) is 7.17. The summed E-state index contributed by atoms with van der Waals surface area (Å²) >= 11 is 0. The Balaban J connectivity index is 2.49. The van der Waals surface area contributed by atoms with Gasteiger partial charge >= 0.3 is 0 Å². The fourth-order valence-corrected chi connectivity index (χ4v) is 3.27. The Bertz CT molecular complexity index is 629. The lowest BCUT2D eigenvalue weighted by atomic mass is 10.0. The average molecular weight is 302 g/mol. The molecule has 0 unspecified atom stereocenters. The van der Waals surface area contributed by atoms with Gasteiger partial charge in [-0.1, -0.05) is 51.1 Å². The summed E-state index contributed by atoms with van der Waals surface area (Å²) in [5, 5.41) is 2.66. The van der Waals surface area contributed by atoms with Crippen LogP contribution in [0.15, 0.2) is 36.4 Å². The molecule has 0 saturated carbocycles. The zero-order valence-electron chi connectivity index (χ0n) is 13.9. The topological polar surface area (TPSA) is 35.2 Å². The molecule has 0 saturated heterocycles. The summed E-state index contributed by atoms with van der Waals surface area (Å²) in [5.74, 6) is 1.01. The van der Waals surface area contributed by atoms with Crippen molar-refractivity contribution in [2.45, 2.75) is 45.3 Å². The van der Waals surface area contributed by atoms with Crippen LogP contribution in [0.3, 0.4) is 0 Å². The van der Waals surface area contributed by atoms with E-state index in [-0.39, 0.29) is 5.04 Å². The van der Waals surface area contributed by atoms with Crippen molar-refractivity contribution >= 4 is 19.1 Å². The highest BCUT2D eigenvalue weighted by molar-refractivity contribution is 6.74. The molecule has 3 heteroatoms. The molecule has 0 amide bonds. The highest BCUT2D eigenvalue weighted by atomic mass is 28.4. The minimum absolute atomic E-state index is 0.198. The largest absolute Gasteiger partial charge is 0.543 e. The molecule has 0 aliphatic heterocycles. The number of hydrogen-bond donors (Lipinski definition) is 1. The highest BCUT2D eigenvalue weighted by Crippen LogP contribution is 2.39. The first-order valence-corrected chi connectivity index (χ1v) is 10.6. The lowest BCUT2D eigenvalue weighted by Gasteiger charge is -2.36. The Labute approximate surface area is 129 Å². The van der Waals surface area contributed by atoms with E-state index in [1.165, 1.54) is 16.3 Å². The lowest BCUT2D eigenvalue weighted by molar-refractivity contribution is 0.496. The minimum Gasteiger partial charge on any atom is -0.543 e. The average Bonchev–Trinajstić information content (AvgIpc) is 2.38. The van der Waals surface area contributed by atoms with E-state index < -0.39 is 8.32 Å². The Kier molecular flexibility index (Phi) is 4.45. The molecule has 0 heterocycles. The number of hydrogen-bond acceptors (Lipinski definition) is 2. The molecular formula is C18H27NOSi. The van der Waals surface area contributed by atoms with Crippen LogP contribution in [0, 0.1) is 0 Å².